The molecule has 1 aliphatic rings. The molecule has 1 saturated heterocycles. The molecule has 7 heteroatoms. The van der Waals surface area contributed by atoms with Gasteiger partial charge in [0, 0.05) is 28.9 Å². The Kier molecular flexibility index (Phi) is 8.31. The summed E-state index contributed by atoms with van der Waals surface area (Å²) in [5.74, 6) is -0.108. The fraction of sp³-hybridized carbons (Fsp3) is 0.478. The lowest BCUT2D eigenvalue weighted by Gasteiger charge is -2.25. The summed E-state index contributed by atoms with van der Waals surface area (Å²) in [7, 11) is 1.38. The van der Waals surface area contributed by atoms with Crippen LogP contribution in [-0.2, 0) is 22.4 Å². The van der Waals surface area contributed by atoms with Gasteiger partial charge in [-0.3, -0.25) is 4.79 Å². The predicted octanol–water partition coefficient (Wildman–Crippen LogP) is 4.50. The van der Waals surface area contributed by atoms with Crippen molar-refractivity contribution in [3.63, 3.8) is 0 Å². The molecule has 3 rings (SSSR count). The monoisotopic (exact) mass is 449 g/mol. The number of carbonyl (C=O) groups is 2. The molecule has 2 heterocycles. The van der Waals surface area contributed by atoms with Gasteiger partial charge in [-0.25, -0.2) is 4.79 Å². The van der Waals surface area contributed by atoms with Gasteiger partial charge < -0.3 is 14.7 Å². The molecule has 162 valence electrons. The Bertz CT molecular complexity index is 868. The van der Waals surface area contributed by atoms with Gasteiger partial charge in [-0.1, -0.05) is 23.7 Å². The summed E-state index contributed by atoms with van der Waals surface area (Å²) in [6.07, 6.45) is 4.72. The standard InChI is InChI=1S/C23H28ClNO4S/c1-29-23(28)21-11-10-20(30-21)6-3-13-25-18(8-12-22(25)27)7-9-19(26)15-16-4-2-5-17(24)14-16/h2,4-5,10-11,14,18-19,26H,3,6-9,12-13,15H2,1H3/t18-,19+/m0/s1. The molecule has 0 spiro atoms. The van der Waals surface area contributed by atoms with Crippen LogP contribution in [0.15, 0.2) is 36.4 Å². The summed E-state index contributed by atoms with van der Waals surface area (Å²) < 4.78 is 4.74. The number of aliphatic hydroxyl groups excluding tert-OH is 1. The maximum Gasteiger partial charge on any atom is 0.348 e. The molecule has 0 saturated carbocycles. The lowest BCUT2D eigenvalue weighted by atomic mass is 10.0. The second-order valence-corrected chi connectivity index (χ2v) is 9.31. The largest absolute Gasteiger partial charge is 0.465 e. The predicted molar refractivity (Wildman–Crippen MR) is 119 cm³/mol. The summed E-state index contributed by atoms with van der Waals surface area (Å²) in [4.78, 5) is 27.6. The van der Waals surface area contributed by atoms with E-state index in [9.17, 15) is 14.7 Å². The van der Waals surface area contributed by atoms with Crippen molar-refractivity contribution in [1.29, 1.82) is 0 Å². The molecule has 1 aromatic carbocycles. The quantitative estimate of drug-likeness (QED) is 0.542. The summed E-state index contributed by atoms with van der Waals surface area (Å²) in [5, 5.41) is 11.1. The highest BCUT2D eigenvalue weighted by Crippen LogP contribution is 2.25. The average Bonchev–Trinajstić information content (AvgIpc) is 3.33. The Morgan fingerprint density at radius 2 is 2.20 bits per heavy atom. The minimum Gasteiger partial charge on any atom is -0.465 e. The van der Waals surface area contributed by atoms with Gasteiger partial charge in [0.25, 0.3) is 0 Å². The topological polar surface area (TPSA) is 66.8 Å². The summed E-state index contributed by atoms with van der Waals surface area (Å²) in [5.41, 5.74) is 1.02. The number of ether oxygens (including phenoxy) is 1. The number of aliphatic hydroxyl groups is 1. The maximum atomic E-state index is 12.3. The third-order valence-corrected chi connectivity index (χ3v) is 6.88. The molecule has 0 bridgehead atoms. The molecule has 0 aliphatic carbocycles. The van der Waals surface area contributed by atoms with E-state index in [0.29, 0.717) is 35.7 Å². The minimum atomic E-state index is -0.441. The first kappa shape index (κ1) is 22.8. The van der Waals surface area contributed by atoms with Gasteiger partial charge in [0.05, 0.1) is 13.2 Å². The zero-order valence-corrected chi connectivity index (χ0v) is 18.8. The third-order valence-electron chi connectivity index (χ3n) is 5.52. The Morgan fingerprint density at radius 3 is 2.97 bits per heavy atom. The molecule has 5 nitrogen and oxygen atoms in total. The van der Waals surface area contributed by atoms with Crippen LogP contribution in [0.2, 0.25) is 5.02 Å². The molecule has 1 aromatic heterocycles. The van der Waals surface area contributed by atoms with Crippen LogP contribution in [0, 0.1) is 0 Å². The van der Waals surface area contributed by atoms with Crippen LogP contribution in [-0.4, -0.2) is 47.7 Å². The van der Waals surface area contributed by atoms with E-state index in [2.05, 4.69) is 0 Å². The number of esters is 1. The Morgan fingerprint density at radius 1 is 1.37 bits per heavy atom. The van der Waals surface area contributed by atoms with E-state index in [1.807, 2.05) is 35.2 Å². The minimum absolute atomic E-state index is 0.195. The highest BCUT2D eigenvalue weighted by molar-refractivity contribution is 7.13. The van der Waals surface area contributed by atoms with Gasteiger partial charge >= 0.3 is 5.97 Å². The van der Waals surface area contributed by atoms with Crippen LogP contribution in [0.5, 0.6) is 0 Å². The summed E-state index contributed by atoms with van der Waals surface area (Å²) in [6, 6.07) is 11.5. The Labute approximate surface area is 186 Å². The number of rotatable bonds is 10. The molecule has 0 radical (unpaired) electrons. The van der Waals surface area contributed by atoms with Gasteiger partial charge in [-0.2, -0.15) is 0 Å². The zero-order chi connectivity index (χ0) is 21.5. The molecule has 2 atom stereocenters. The summed E-state index contributed by atoms with van der Waals surface area (Å²) in [6.45, 7) is 0.708. The first-order chi connectivity index (χ1) is 14.5. The van der Waals surface area contributed by atoms with Crippen molar-refractivity contribution in [3.8, 4) is 0 Å². The van der Waals surface area contributed by atoms with E-state index in [4.69, 9.17) is 16.3 Å². The normalized spacial score (nSPS) is 17.4. The average molecular weight is 450 g/mol. The van der Waals surface area contributed by atoms with Crippen molar-refractivity contribution in [3.05, 3.63) is 56.7 Å². The van der Waals surface area contributed by atoms with Gasteiger partial charge in [0.15, 0.2) is 0 Å². The fourth-order valence-corrected chi connectivity index (χ4v) is 5.15. The van der Waals surface area contributed by atoms with Gasteiger partial charge in [-0.15, -0.1) is 11.3 Å². The molecule has 1 amide bonds. The van der Waals surface area contributed by atoms with E-state index in [1.165, 1.54) is 18.4 Å². The van der Waals surface area contributed by atoms with Crippen molar-refractivity contribution >= 4 is 34.8 Å². The van der Waals surface area contributed by atoms with Crippen molar-refractivity contribution < 1.29 is 19.4 Å². The number of aryl methyl sites for hydroxylation is 1. The second-order valence-electron chi connectivity index (χ2n) is 7.71. The molecule has 0 unspecified atom stereocenters. The lowest BCUT2D eigenvalue weighted by molar-refractivity contribution is -0.129. The number of thiophene rings is 1. The highest BCUT2D eigenvalue weighted by atomic mass is 35.5. The second kappa shape index (κ2) is 10.9. The SMILES string of the molecule is COC(=O)c1ccc(CCCN2C(=O)CC[C@@H]2CC[C@@H](O)Cc2cccc(Cl)c2)s1. The van der Waals surface area contributed by atoms with Gasteiger partial charge in [0.1, 0.15) is 4.88 Å². The molecule has 1 aliphatic heterocycles. The number of nitrogens with zero attached hydrogens (tertiary/aromatic N) is 1. The van der Waals surface area contributed by atoms with Crippen molar-refractivity contribution in [2.24, 2.45) is 0 Å². The molecule has 1 fully saturated rings. The number of likely N-dealkylation sites (tertiary alicyclic amines) is 1. The number of carbonyl (C=O) groups excluding carboxylic acids is 2. The van der Waals surface area contributed by atoms with Crippen molar-refractivity contribution in [2.45, 2.75) is 57.1 Å². The number of hydrogen-bond donors (Lipinski definition) is 1. The van der Waals surface area contributed by atoms with E-state index in [-0.39, 0.29) is 17.9 Å². The van der Waals surface area contributed by atoms with Crippen LogP contribution in [0.25, 0.3) is 0 Å². The zero-order valence-electron chi connectivity index (χ0n) is 17.2. The smallest absolute Gasteiger partial charge is 0.348 e. The molecule has 2 aromatic rings. The molecular formula is C23H28ClNO4S. The van der Waals surface area contributed by atoms with Crippen molar-refractivity contribution in [1.82, 2.24) is 4.90 Å². The number of benzene rings is 1. The van der Waals surface area contributed by atoms with Crippen molar-refractivity contribution in [2.75, 3.05) is 13.7 Å². The molecule has 1 N–H and O–H groups in total. The van der Waals surface area contributed by atoms with E-state index >= 15 is 0 Å². The Balaban J connectivity index is 1.44. The van der Waals surface area contributed by atoms with E-state index in [1.54, 1.807) is 6.07 Å². The summed E-state index contributed by atoms with van der Waals surface area (Å²) >= 11 is 7.46. The van der Waals surface area contributed by atoms with Crippen LogP contribution < -0.4 is 0 Å². The van der Waals surface area contributed by atoms with Gasteiger partial charge in [-0.05, 0) is 68.4 Å². The first-order valence-corrected chi connectivity index (χ1v) is 11.5. The number of hydrogen-bond acceptors (Lipinski definition) is 5. The van der Waals surface area contributed by atoms with Crippen LogP contribution >= 0.6 is 22.9 Å². The molecule has 30 heavy (non-hydrogen) atoms. The Hall–Kier alpha value is -1.89. The number of amides is 1. The van der Waals surface area contributed by atoms with Crippen LogP contribution in [0.1, 0.15) is 52.2 Å². The molecular weight excluding hydrogens is 422 g/mol. The third kappa shape index (κ3) is 6.30. The lowest BCUT2D eigenvalue weighted by Crippen LogP contribution is -2.34. The van der Waals surface area contributed by atoms with Crippen LogP contribution in [0.4, 0.5) is 0 Å². The number of halogens is 1. The highest BCUT2D eigenvalue weighted by Gasteiger charge is 2.30. The number of methoxy groups -OCH3 is 1. The van der Waals surface area contributed by atoms with E-state index in [0.717, 1.165) is 36.1 Å². The van der Waals surface area contributed by atoms with Crippen LogP contribution in [0.3, 0.4) is 0 Å². The fourth-order valence-electron chi connectivity index (χ4n) is 3.97. The first-order valence-electron chi connectivity index (χ1n) is 10.3. The van der Waals surface area contributed by atoms with Gasteiger partial charge in [0.2, 0.25) is 5.91 Å². The van der Waals surface area contributed by atoms with E-state index < -0.39 is 6.10 Å². The maximum absolute atomic E-state index is 12.3.